The second kappa shape index (κ2) is 13.2. The van der Waals surface area contributed by atoms with E-state index in [1.54, 1.807) is 21.3 Å². The summed E-state index contributed by atoms with van der Waals surface area (Å²) in [5.41, 5.74) is 5.45. The van der Waals surface area contributed by atoms with Gasteiger partial charge in [-0.25, -0.2) is 0 Å². The topological polar surface area (TPSA) is 145 Å². The zero-order valence-electron chi connectivity index (χ0n) is 16.2. The maximum absolute atomic E-state index is 12.0. The highest BCUT2D eigenvalue weighted by atomic mass is 32.2. The third-order valence-electron chi connectivity index (χ3n) is 3.89. The number of aromatic nitrogens is 3. The Hall–Kier alpha value is -1.02. The monoisotopic (exact) mass is 421 g/mol. The van der Waals surface area contributed by atoms with E-state index in [9.17, 15) is 9.90 Å². The number of aliphatic hydroxyl groups is 1. The minimum atomic E-state index is -2.65. The molecule has 1 heterocycles. The van der Waals surface area contributed by atoms with Gasteiger partial charge >= 0.3 is 8.80 Å². The zero-order valence-corrected chi connectivity index (χ0v) is 18.0. The molecule has 0 spiro atoms. The summed E-state index contributed by atoms with van der Waals surface area (Å²) in [6, 6.07) is 0.555. The van der Waals surface area contributed by atoms with Crippen LogP contribution >= 0.6 is 11.8 Å². The molecule has 156 valence electrons. The number of aromatic amines is 1. The normalized spacial score (nSPS) is 12.9. The lowest BCUT2D eigenvalue weighted by atomic mass is 10.1. The maximum atomic E-state index is 12.0. The molecule has 0 aromatic carbocycles. The Morgan fingerprint density at radius 1 is 1.30 bits per heavy atom. The van der Waals surface area contributed by atoms with Crippen molar-refractivity contribution in [1.29, 1.82) is 0 Å². The molecule has 1 atom stereocenters. The third kappa shape index (κ3) is 9.14. The van der Waals surface area contributed by atoms with Gasteiger partial charge in [0, 0.05) is 52.5 Å². The Morgan fingerprint density at radius 3 is 2.63 bits per heavy atom. The van der Waals surface area contributed by atoms with Crippen molar-refractivity contribution in [1.82, 2.24) is 15.2 Å². The Labute approximate surface area is 165 Å². The molecule has 0 saturated carbocycles. The van der Waals surface area contributed by atoms with Gasteiger partial charge < -0.3 is 34.4 Å². The molecular formula is C15H31N5O5SSi. The van der Waals surface area contributed by atoms with Crippen LogP contribution < -0.4 is 11.1 Å². The number of nitrogens with two attached hydrogens (primary N) is 1. The number of anilines is 1. The number of thioether (sulfide) groups is 1. The first kappa shape index (κ1) is 24.0. The van der Waals surface area contributed by atoms with Crippen LogP contribution in [0.5, 0.6) is 0 Å². The Kier molecular flexibility index (Phi) is 11.7. The van der Waals surface area contributed by atoms with Crippen molar-refractivity contribution in [2.24, 2.45) is 5.73 Å². The van der Waals surface area contributed by atoms with E-state index in [1.807, 2.05) is 0 Å². The minimum Gasteiger partial charge on any atom is -0.391 e. The van der Waals surface area contributed by atoms with Crippen molar-refractivity contribution in [3.63, 3.8) is 0 Å². The van der Waals surface area contributed by atoms with Gasteiger partial charge in [0.25, 0.3) is 0 Å². The molecule has 0 aliphatic heterocycles. The summed E-state index contributed by atoms with van der Waals surface area (Å²) in [7, 11) is 1.98. The number of carbonyl (C=O) groups is 1. The summed E-state index contributed by atoms with van der Waals surface area (Å²) < 4.78 is 16.0. The van der Waals surface area contributed by atoms with Crippen LogP contribution in [0.25, 0.3) is 0 Å². The summed E-state index contributed by atoms with van der Waals surface area (Å²) in [6.45, 7) is 0.846. The second-order valence-corrected chi connectivity index (χ2v) is 10.1. The first-order chi connectivity index (χ1) is 13.0. The van der Waals surface area contributed by atoms with Gasteiger partial charge in [-0.3, -0.25) is 4.79 Å². The van der Waals surface area contributed by atoms with Gasteiger partial charge in [0.1, 0.15) is 5.78 Å². The van der Waals surface area contributed by atoms with Crippen LogP contribution in [0.2, 0.25) is 6.04 Å². The number of hydrogen-bond acceptors (Lipinski definition) is 10. The molecule has 10 nitrogen and oxygen atoms in total. The van der Waals surface area contributed by atoms with Crippen LogP contribution in [-0.2, 0) is 18.1 Å². The molecule has 0 radical (unpaired) electrons. The molecule has 1 unspecified atom stereocenters. The number of nitrogens with zero attached hydrogens (tertiary/aromatic N) is 2. The number of rotatable bonds is 16. The average Bonchev–Trinajstić information content (AvgIpc) is 3.12. The van der Waals surface area contributed by atoms with Crippen molar-refractivity contribution in [2.75, 3.05) is 45.5 Å². The van der Waals surface area contributed by atoms with Crippen LogP contribution in [0.15, 0.2) is 5.16 Å². The van der Waals surface area contributed by atoms with Gasteiger partial charge in [-0.1, -0.05) is 11.8 Å². The van der Waals surface area contributed by atoms with Gasteiger partial charge in [-0.15, -0.1) is 10.2 Å². The van der Waals surface area contributed by atoms with Gasteiger partial charge in [0.05, 0.1) is 6.10 Å². The molecule has 1 rings (SSSR count). The van der Waals surface area contributed by atoms with Gasteiger partial charge in [0.2, 0.25) is 5.95 Å². The van der Waals surface area contributed by atoms with Crippen LogP contribution in [-0.4, -0.2) is 81.2 Å². The predicted molar refractivity (Wildman–Crippen MR) is 106 cm³/mol. The number of ketones is 1. The van der Waals surface area contributed by atoms with Crippen molar-refractivity contribution in [2.45, 2.75) is 43.0 Å². The smallest absolute Gasteiger partial charge is 0.391 e. The maximum Gasteiger partial charge on any atom is 0.500 e. The van der Waals surface area contributed by atoms with E-state index in [4.69, 9.17) is 19.0 Å². The average molecular weight is 422 g/mol. The summed E-state index contributed by atoms with van der Waals surface area (Å²) in [5.74, 6) is 1.31. The number of carbonyl (C=O) groups excluding carboxylic acids is 1. The van der Waals surface area contributed by atoms with Crippen molar-refractivity contribution in [3.8, 4) is 0 Å². The molecular weight excluding hydrogens is 390 g/mol. The molecule has 1 aromatic rings. The fraction of sp³-hybridized carbons (Fsp3) is 0.800. The zero-order chi connectivity index (χ0) is 20.1. The fourth-order valence-corrected chi connectivity index (χ4v) is 4.85. The molecule has 1 aromatic heterocycles. The lowest BCUT2D eigenvalue weighted by Gasteiger charge is -2.24. The SMILES string of the molecule is CO[Si](CCCC(=O)CC(O)CNc1nnc(SCCCN)[nH]1)(OC)OC. The van der Waals surface area contributed by atoms with Crippen molar-refractivity contribution >= 4 is 32.3 Å². The summed E-state index contributed by atoms with van der Waals surface area (Å²) in [6.07, 6.45) is 1.10. The van der Waals surface area contributed by atoms with Crippen LogP contribution in [0.4, 0.5) is 5.95 Å². The molecule has 0 saturated heterocycles. The Balaban J connectivity index is 2.25. The highest BCUT2D eigenvalue weighted by Crippen LogP contribution is 2.17. The van der Waals surface area contributed by atoms with E-state index in [0.29, 0.717) is 36.5 Å². The van der Waals surface area contributed by atoms with Crippen LogP contribution in [0.1, 0.15) is 25.7 Å². The number of hydrogen-bond donors (Lipinski definition) is 4. The van der Waals surface area contributed by atoms with E-state index in [2.05, 4.69) is 20.5 Å². The molecule has 0 bridgehead atoms. The standard InChI is InChI=1S/C15H31N5O5SSi/c1-23-27(24-2,25-3)9-4-6-12(21)10-13(22)11-17-14-18-15(20-19-14)26-8-5-7-16/h13,22H,4-11,16H2,1-3H3,(H2,17,18,19,20). The summed E-state index contributed by atoms with van der Waals surface area (Å²) in [4.78, 5) is 15.0. The van der Waals surface area contributed by atoms with Gasteiger partial charge in [-0.2, -0.15) is 0 Å². The summed E-state index contributed by atoms with van der Waals surface area (Å²) in [5, 5.41) is 21.6. The van der Waals surface area contributed by atoms with Gasteiger partial charge in [0.15, 0.2) is 5.16 Å². The quantitative estimate of drug-likeness (QED) is 0.170. The lowest BCUT2D eigenvalue weighted by molar-refractivity contribution is -0.120. The van der Waals surface area contributed by atoms with E-state index < -0.39 is 14.9 Å². The predicted octanol–water partition coefficient (Wildman–Crippen LogP) is 0.636. The van der Waals surface area contributed by atoms with Crippen LogP contribution in [0, 0.1) is 0 Å². The molecule has 0 amide bonds. The molecule has 12 heteroatoms. The fourth-order valence-electron chi connectivity index (χ4n) is 2.35. The van der Waals surface area contributed by atoms with Crippen molar-refractivity contribution in [3.05, 3.63) is 0 Å². The lowest BCUT2D eigenvalue weighted by Crippen LogP contribution is -2.42. The summed E-state index contributed by atoms with van der Waals surface area (Å²) >= 11 is 1.53. The third-order valence-corrected chi connectivity index (χ3v) is 7.68. The number of nitrogens with one attached hydrogen (secondary N) is 2. The number of aliphatic hydroxyl groups excluding tert-OH is 1. The Bertz CT molecular complexity index is 538. The molecule has 0 aliphatic rings. The highest BCUT2D eigenvalue weighted by Gasteiger charge is 2.37. The van der Waals surface area contributed by atoms with E-state index >= 15 is 0 Å². The van der Waals surface area contributed by atoms with E-state index in [-0.39, 0.29) is 18.7 Å². The first-order valence-corrected chi connectivity index (χ1v) is 11.7. The number of Topliss-reactive ketones (excluding diaryl/α,β-unsaturated/α-hetero) is 1. The van der Waals surface area contributed by atoms with Gasteiger partial charge in [-0.05, 0) is 19.4 Å². The first-order valence-electron chi connectivity index (χ1n) is 8.83. The van der Waals surface area contributed by atoms with Crippen molar-refractivity contribution < 1.29 is 23.2 Å². The molecule has 5 N–H and O–H groups in total. The van der Waals surface area contributed by atoms with E-state index in [0.717, 1.165) is 12.2 Å². The second-order valence-electron chi connectivity index (χ2n) is 5.90. The largest absolute Gasteiger partial charge is 0.500 e. The van der Waals surface area contributed by atoms with E-state index in [1.165, 1.54) is 11.8 Å². The number of H-pyrrole nitrogens is 1. The minimum absolute atomic E-state index is 0.0221. The highest BCUT2D eigenvalue weighted by molar-refractivity contribution is 7.99. The molecule has 0 fully saturated rings. The molecule has 0 aliphatic carbocycles. The van der Waals surface area contributed by atoms with Crippen LogP contribution in [0.3, 0.4) is 0 Å². The Morgan fingerprint density at radius 2 is 2.00 bits per heavy atom. The molecule has 27 heavy (non-hydrogen) atoms.